The van der Waals surface area contributed by atoms with Crippen LogP contribution in [0.15, 0.2) is 0 Å². The van der Waals surface area contributed by atoms with E-state index in [-0.39, 0.29) is 35.4 Å². The standard InChI is InChI=1S/C13H26N2O3/c1-12(2)10(14)13(3,4)11(12)15-9(16)8-18-7-6-17-5/h10-11H,6-8,14H2,1-5H3,(H,15,16). The minimum atomic E-state index is -0.0934. The molecule has 1 aliphatic carbocycles. The number of rotatable bonds is 6. The minimum Gasteiger partial charge on any atom is -0.382 e. The van der Waals surface area contributed by atoms with Gasteiger partial charge in [0.25, 0.3) is 0 Å². The van der Waals surface area contributed by atoms with Crippen molar-refractivity contribution in [3.05, 3.63) is 0 Å². The molecule has 5 nitrogen and oxygen atoms in total. The Morgan fingerprint density at radius 1 is 1.22 bits per heavy atom. The number of amides is 1. The maximum Gasteiger partial charge on any atom is 0.246 e. The summed E-state index contributed by atoms with van der Waals surface area (Å²) in [6.07, 6.45) is 0. The van der Waals surface area contributed by atoms with Gasteiger partial charge in [0.2, 0.25) is 5.91 Å². The molecule has 1 amide bonds. The van der Waals surface area contributed by atoms with Gasteiger partial charge in [0.1, 0.15) is 6.61 Å². The molecule has 1 aliphatic rings. The van der Waals surface area contributed by atoms with Crippen LogP contribution in [0.25, 0.3) is 0 Å². The summed E-state index contributed by atoms with van der Waals surface area (Å²) in [7, 11) is 1.60. The predicted molar refractivity (Wildman–Crippen MR) is 70.2 cm³/mol. The van der Waals surface area contributed by atoms with Crippen molar-refractivity contribution in [3.63, 3.8) is 0 Å². The highest BCUT2D eigenvalue weighted by molar-refractivity contribution is 5.78. The molecule has 0 atom stereocenters. The van der Waals surface area contributed by atoms with Crippen LogP contribution in [0.4, 0.5) is 0 Å². The molecule has 0 unspecified atom stereocenters. The third-order valence-electron chi connectivity index (χ3n) is 4.06. The Labute approximate surface area is 109 Å². The van der Waals surface area contributed by atoms with Crippen LogP contribution in [-0.2, 0) is 14.3 Å². The van der Waals surface area contributed by atoms with Gasteiger partial charge in [-0.25, -0.2) is 0 Å². The monoisotopic (exact) mass is 258 g/mol. The first-order valence-electron chi connectivity index (χ1n) is 6.36. The van der Waals surface area contributed by atoms with Crippen LogP contribution in [0.3, 0.4) is 0 Å². The molecule has 3 N–H and O–H groups in total. The molecule has 0 heterocycles. The van der Waals surface area contributed by atoms with Crippen LogP contribution in [0.2, 0.25) is 0 Å². The fraction of sp³-hybridized carbons (Fsp3) is 0.923. The third kappa shape index (κ3) is 2.84. The smallest absolute Gasteiger partial charge is 0.246 e. The maximum absolute atomic E-state index is 11.8. The van der Waals surface area contributed by atoms with E-state index in [1.165, 1.54) is 0 Å². The predicted octanol–water partition coefficient (Wildman–Crippen LogP) is 0.528. The number of nitrogens with one attached hydrogen (secondary N) is 1. The molecular formula is C13H26N2O3. The molecule has 0 aliphatic heterocycles. The van der Waals surface area contributed by atoms with Crippen molar-refractivity contribution in [2.45, 2.75) is 39.8 Å². The van der Waals surface area contributed by atoms with E-state index in [1.807, 2.05) is 0 Å². The molecule has 5 heteroatoms. The van der Waals surface area contributed by atoms with Gasteiger partial charge in [-0.05, 0) is 0 Å². The van der Waals surface area contributed by atoms with Crippen LogP contribution in [0, 0.1) is 10.8 Å². The number of carbonyl (C=O) groups excluding carboxylic acids is 1. The van der Waals surface area contributed by atoms with Gasteiger partial charge in [-0.15, -0.1) is 0 Å². The van der Waals surface area contributed by atoms with Crippen LogP contribution in [0.1, 0.15) is 27.7 Å². The number of ether oxygens (including phenoxy) is 2. The first kappa shape index (κ1) is 15.4. The first-order valence-corrected chi connectivity index (χ1v) is 6.36. The summed E-state index contributed by atoms with van der Waals surface area (Å²) < 4.78 is 10.0. The van der Waals surface area contributed by atoms with Gasteiger partial charge >= 0.3 is 0 Å². The number of methoxy groups -OCH3 is 1. The number of hydrogen-bond donors (Lipinski definition) is 2. The third-order valence-corrected chi connectivity index (χ3v) is 4.06. The van der Waals surface area contributed by atoms with Crippen molar-refractivity contribution >= 4 is 5.91 Å². The second-order valence-corrected chi connectivity index (χ2v) is 6.17. The van der Waals surface area contributed by atoms with Gasteiger partial charge < -0.3 is 20.5 Å². The van der Waals surface area contributed by atoms with Crippen molar-refractivity contribution in [3.8, 4) is 0 Å². The summed E-state index contributed by atoms with van der Waals surface area (Å²) in [6.45, 7) is 9.33. The van der Waals surface area contributed by atoms with Crippen LogP contribution in [-0.4, -0.2) is 44.9 Å². The van der Waals surface area contributed by atoms with Gasteiger partial charge in [0.05, 0.1) is 13.2 Å². The Morgan fingerprint density at radius 2 is 1.78 bits per heavy atom. The summed E-state index contributed by atoms with van der Waals surface area (Å²) in [5, 5.41) is 3.02. The SMILES string of the molecule is COCCOCC(=O)NC1C(C)(C)C(N)C1(C)C. The first-order chi connectivity index (χ1) is 8.24. The highest BCUT2D eigenvalue weighted by Gasteiger charge is 2.60. The van der Waals surface area contributed by atoms with Crippen LogP contribution in [0.5, 0.6) is 0 Å². The van der Waals surface area contributed by atoms with Crippen molar-refractivity contribution < 1.29 is 14.3 Å². The zero-order valence-corrected chi connectivity index (χ0v) is 12.1. The second kappa shape index (κ2) is 5.55. The average Bonchev–Trinajstić information content (AvgIpc) is 2.30. The Balaban J connectivity index is 2.40. The summed E-state index contributed by atoms with van der Waals surface area (Å²) in [4.78, 5) is 11.8. The number of nitrogens with two attached hydrogens (primary N) is 1. The van der Waals surface area contributed by atoms with E-state index >= 15 is 0 Å². The van der Waals surface area contributed by atoms with Crippen molar-refractivity contribution in [2.75, 3.05) is 26.9 Å². The summed E-state index contributed by atoms with van der Waals surface area (Å²) in [5.41, 5.74) is 5.99. The van der Waals surface area contributed by atoms with Gasteiger partial charge in [-0.1, -0.05) is 27.7 Å². The molecule has 0 aromatic rings. The van der Waals surface area contributed by atoms with E-state index in [9.17, 15) is 4.79 Å². The fourth-order valence-electron chi connectivity index (χ4n) is 3.06. The Hall–Kier alpha value is -0.650. The lowest BCUT2D eigenvalue weighted by molar-refractivity contribution is -0.136. The zero-order valence-electron chi connectivity index (χ0n) is 12.1. The van der Waals surface area contributed by atoms with Gasteiger partial charge in [-0.3, -0.25) is 4.79 Å². The zero-order chi connectivity index (χ0) is 14.0. The molecule has 18 heavy (non-hydrogen) atoms. The fourth-order valence-corrected chi connectivity index (χ4v) is 3.06. The minimum absolute atomic E-state index is 0.0707. The number of hydrogen-bond acceptors (Lipinski definition) is 4. The van der Waals surface area contributed by atoms with Crippen molar-refractivity contribution in [2.24, 2.45) is 16.6 Å². The quantitative estimate of drug-likeness (QED) is 0.682. The van der Waals surface area contributed by atoms with E-state index in [4.69, 9.17) is 15.2 Å². The summed E-state index contributed by atoms with van der Waals surface area (Å²) >= 11 is 0. The van der Waals surface area contributed by atoms with Gasteiger partial charge in [0.15, 0.2) is 0 Å². The van der Waals surface area contributed by atoms with E-state index in [1.54, 1.807) is 7.11 Å². The highest BCUT2D eigenvalue weighted by atomic mass is 16.5. The Morgan fingerprint density at radius 3 is 2.28 bits per heavy atom. The van der Waals surface area contributed by atoms with E-state index in [2.05, 4.69) is 33.0 Å². The largest absolute Gasteiger partial charge is 0.382 e. The Kier molecular flexibility index (Phi) is 4.75. The van der Waals surface area contributed by atoms with Crippen molar-refractivity contribution in [1.29, 1.82) is 0 Å². The summed E-state index contributed by atoms with van der Waals surface area (Å²) in [6, 6.07) is 0.170. The lowest BCUT2D eigenvalue weighted by Gasteiger charge is -2.62. The van der Waals surface area contributed by atoms with Gasteiger partial charge in [-0.2, -0.15) is 0 Å². The van der Waals surface area contributed by atoms with E-state index < -0.39 is 0 Å². The second-order valence-electron chi connectivity index (χ2n) is 6.17. The lowest BCUT2D eigenvalue weighted by Crippen LogP contribution is -2.76. The van der Waals surface area contributed by atoms with Crippen molar-refractivity contribution in [1.82, 2.24) is 5.32 Å². The number of carbonyl (C=O) groups is 1. The molecule has 1 saturated carbocycles. The van der Waals surface area contributed by atoms with Crippen LogP contribution >= 0.6 is 0 Å². The molecule has 0 bridgehead atoms. The van der Waals surface area contributed by atoms with Gasteiger partial charge in [0, 0.05) is 30.0 Å². The molecule has 0 spiro atoms. The average molecular weight is 258 g/mol. The molecule has 0 saturated heterocycles. The molecule has 106 valence electrons. The van der Waals surface area contributed by atoms with E-state index in [0.29, 0.717) is 13.2 Å². The maximum atomic E-state index is 11.8. The van der Waals surface area contributed by atoms with Crippen LogP contribution < -0.4 is 11.1 Å². The highest BCUT2D eigenvalue weighted by Crippen LogP contribution is 2.52. The van der Waals surface area contributed by atoms with E-state index in [0.717, 1.165) is 0 Å². The molecular weight excluding hydrogens is 232 g/mol. The topological polar surface area (TPSA) is 73.6 Å². The molecule has 0 radical (unpaired) electrons. The molecule has 1 fully saturated rings. The molecule has 0 aromatic heterocycles. The molecule has 1 rings (SSSR count). The normalized spacial score (nSPS) is 28.6. The Bertz CT molecular complexity index is 287. The lowest BCUT2D eigenvalue weighted by atomic mass is 9.48. The summed E-state index contributed by atoms with van der Waals surface area (Å²) in [5.74, 6) is -0.0934. The molecule has 0 aromatic carbocycles.